The summed E-state index contributed by atoms with van der Waals surface area (Å²) in [7, 11) is 0. The lowest BCUT2D eigenvalue weighted by atomic mass is 9.87. The summed E-state index contributed by atoms with van der Waals surface area (Å²) in [5.41, 5.74) is 1.11. The maximum atomic E-state index is 13.3. The zero-order valence-electron chi connectivity index (χ0n) is 8.60. The minimum Gasteiger partial charge on any atom is -0.317 e. The van der Waals surface area contributed by atoms with Gasteiger partial charge in [-0.1, -0.05) is 12.1 Å². The summed E-state index contributed by atoms with van der Waals surface area (Å²) in [6.07, 6.45) is 1.94. The fourth-order valence-corrected chi connectivity index (χ4v) is 2.23. The molecule has 15 heavy (non-hydrogen) atoms. The normalized spacial score (nSPS) is 18.0. The van der Waals surface area contributed by atoms with Gasteiger partial charge in [-0.2, -0.15) is 0 Å². The van der Waals surface area contributed by atoms with Crippen LogP contribution in [0, 0.1) is 5.82 Å². The van der Waals surface area contributed by atoms with Crippen LogP contribution >= 0.6 is 0 Å². The van der Waals surface area contributed by atoms with Crippen LogP contribution < -0.4 is 5.32 Å². The van der Waals surface area contributed by atoms with E-state index in [2.05, 4.69) is 5.32 Å². The van der Waals surface area contributed by atoms with Gasteiger partial charge in [0.05, 0.1) is 0 Å². The van der Waals surface area contributed by atoms with Crippen LogP contribution in [-0.4, -0.2) is 13.1 Å². The van der Waals surface area contributed by atoms with Crippen LogP contribution in [0.15, 0.2) is 18.2 Å². The number of alkyl halides is 1. The molecule has 0 radical (unpaired) electrons. The molecular weight excluding hydrogens is 196 g/mol. The van der Waals surface area contributed by atoms with Gasteiger partial charge in [0.1, 0.15) is 12.5 Å². The van der Waals surface area contributed by atoms with Gasteiger partial charge in [0.2, 0.25) is 0 Å². The highest BCUT2D eigenvalue weighted by Crippen LogP contribution is 2.29. The van der Waals surface area contributed by atoms with Gasteiger partial charge in [-0.3, -0.25) is 0 Å². The van der Waals surface area contributed by atoms with Crippen molar-refractivity contribution < 1.29 is 8.78 Å². The summed E-state index contributed by atoms with van der Waals surface area (Å²) in [4.78, 5) is 0. The first-order chi connectivity index (χ1) is 7.33. The molecule has 1 aliphatic rings. The fourth-order valence-electron chi connectivity index (χ4n) is 2.23. The molecule has 0 aromatic heterocycles. The van der Waals surface area contributed by atoms with Gasteiger partial charge < -0.3 is 5.32 Å². The molecule has 1 N–H and O–H groups in total. The Kier molecular flexibility index (Phi) is 3.31. The van der Waals surface area contributed by atoms with E-state index in [1.165, 1.54) is 6.07 Å². The van der Waals surface area contributed by atoms with E-state index in [4.69, 9.17) is 0 Å². The van der Waals surface area contributed by atoms with Crippen LogP contribution in [0.4, 0.5) is 8.78 Å². The monoisotopic (exact) mass is 211 g/mol. The number of nitrogens with one attached hydrogen (secondary N) is 1. The van der Waals surface area contributed by atoms with Crippen molar-refractivity contribution in [3.63, 3.8) is 0 Å². The van der Waals surface area contributed by atoms with Crippen molar-refractivity contribution in [3.8, 4) is 0 Å². The molecule has 1 aromatic carbocycles. The lowest BCUT2D eigenvalue weighted by molar-refractivity contribution is 0.430. The largest absolute Gasteiger partial charge is 0.317 e. The number of rotatable bonds is 2. The molecular formula is C12H15F2N. The van der Waals surface area contributed by atoms with Crippen molar-refractivity contribution in [2.24, 2.45) is 0 Å². The standard InChI is InChI=1S/C12H15F2N/c13-8-11-10(2-1-3-12(11)14)9-4-6-15-7-5-9/h1-3,9,15H,4-8H2. The van der Waals surface area contributed by atoms with Crippen molar-refractivity contribution >= 4 is 0 Å². The topological polar surface area (TPSA) is 12.0 Å². The molecule has 1 fully saturated rings. The zero-order chi connectivity index (χ0) is 10.7. The van der Waals surface area contributed by atoms with Gasteiger partial charge in [-0.15, -0.1) is 0 Å². The smallest absolute Gasteiger partial charge is 0.129 e. The molecule has 1 saturated heterocycles. The summed E-state index contributed by atoms with van der Waals surface area (Å²) < 4.78 is 26.1. The van der Waals surface area contributed by atoms with Crippen molar-refractivity contribution in [3.05, 3.63) is 35.1 Å². The van der Waals surface area contributed by atoms with Gasteiger partial charge in [0.25, 0.3) is 0 Å². The minimum absolute atomic E-state index is 0.254. The Morgan fingerprint density at radius 2 is 2.00 bits per heavy atom. The van der Waals surface area contributed by atoms with E-state index in [-0.39, 0.29) is 5.56 Å². The molecule has 0 unspecified atom stereocenters. The average Bonchev–Trinajstić information content (AvgIpc) is 2.30. The Bertz CT molecular complexity index is 332. The number of hydrogen-bond donors (Lipinski definition) is 1. The Labute approximate surface area is 88.5 Å². The van der Waals surface area contributed by atoms with E-state index in [0.29, 0.717) is 5.92 Å². The Morgan fingerprint density at radius 1 is 1.27 bits per heavy atom. The maximum Gasteiger partial charge on any atom is 0.129 e. The SMILES string of the molecule is FCc1c(F)cccc1C1CCNCC1. The molecule has 1 aliphatic heterocycles. The first-order valence-corrected chi connectivity index (χ1v) is 5.37. The highest BCUT2D eigenvalue weighted by Gasteiger charge is 2.19. The van der Waals surface area contributed by atoms with Gasteiger partial charge in [-0.25, -0.2) is 8.78 Å². The Morgan fingerprint density at radius 3 is 2.67 bits per heavy atom. The molecule has 2 rings (SSSR count). The second kappa shape index (κ2) is 4.71. The van der Waals surface area contributed by atoms with Crippen LogP contribution in [0.5, 0.6) is 0 Å². The molecule has 82 valence electrons. The first-order valence-electron chi connectivity index (χ1n) is 5.37. The Balaban J connectivity index is 2.29. The van der Waals surface area contributed by atoms with Gasteiger partial charge in [-0.05, 0) is 43.5 Å². The third kappa shape index (κ3) is 2.17. The summed E-state index contributed by atoms with van der Waals surface area (Å²) in [6, 6.07) is 4.86. The molecule has 0 aliphatic carbocycles. The van der Waals surface area contributed by atoms with Gasteiger partial charge in [0, 0.05) is 5.56 Å². The van der Waals surface area contributed by atoms with Crippen LogP contribution in [0.25, 0.3) is 0 Å². The number of hydrogen-bond acceptors (Lipinski definition) is 1. The quantitative estimate of drug-likeness (QED) is 0.793. The molecule has 0 atom stereocenters. The second-order valence-electron chi connectivity index (χ2n) is 3.97. The third-order valence-electron chi connectivity index (χ3n) is 3.07. The molecule has 0 amide bonds. The van der Waals surface area contributed by atoms with E-state index in [1.807, 2.05) is 6.07 Å². The van der Waals surface area contributed by atoms with E-state index < -0.39 is 12.5 Å². The predicted molar refractivity (Wildman–Crippen MR) is 56.1 cm³/mol. The van der Waals surface area contributed by atoms with E-state index in [9.17, 15) is 8.78 Å². The van der Waals surface area contributed by atoms with Crippen LogP contribution in [0.2, 0.25) is 0 Å². The average molecular weight is 211 g/mol. The summed E-state index contributed by atoms with van der Waals surface area (Å²) >= 11 is 0. The predicted octanol–water partition coefficient (Wildman–Crippen LogP) is 2.76. The third-order valence-corrected chi connectivity index (χ3v) is 3.07. The van der Waals surface area contributed by atoms with Gasteiger partial charge >= 0.3 is 0 Å². The highest BCUT2D eigenvalue weighted by molar-refractivity contribution is 5.31. The molecule has 0 spiro atoms. The fraction of sp³-hybridized carbons (Fsp3) is 0.500. The van der Waals surface area contributed by atoms with Crippen molar-refractivity contribution in [2.75, 3.05) is 13.1 Å². The van der Waals surface area contributed by atoms with E-state index in [0.717, 1.165) is 31.5 Å². The number of halogens is 2. The molecule has 1 nitrogen and oxygen atoms in total. The molecule has 0 bridgehead atoms. The van der Waals surface area contributed by atoms with Crippen LogP contribution in [0.1, 0.15) is 29.9 Å². The maximum absolute atomic E-state index is 13.3. The lowest BCUT2D eigenvalue weighted by Gasteiger charge is -2.24. The molecule has 1 heterocycles. The lowest BCUT2D eigenvalue weighted by Crippen LogP contribution is -2.27. The van der Waals surface area contributed by atoms with E-state index >= 15 is 0 Å². The molecule has 3 heteroatoms. The van der Waals surface area contributed by atoms with Crippen molar-refractivity contribution in [1.29, 1.82) is 0 Å². The minimum atomic E-state index is -0.702. The highest BCUT2D eigenvalue weighted by atomic mass is 19.1. The summed E-state index contributed by atoms with van der Waals surface area (Å²) in [5.74, 6) is -0.0961. The van der Waals surface area contributed by atoms with Gasteiger partial charge in [0.15, 0.2) is 0 Å². The number of benzene rings is 1. The molecule has 0 saturated carbocycles. The number of piperidine rings is 1. The summed E-state index contributed by atoms with van der Waals surface area (Å²) in [6.45, 7) is 1.17. The molecule has 1 aromatic rings. The summed E-state index contributed by atoms with van der Waals surface area (Å²) in [5, 5.41) is 3.25. The second-order valence-corrected chi connectivity index (χ2v) is 3.97. The van der Waals surface area contributed by atoms with Crippen molar-refractivity contribution in [1.82, 2.24) is 5.32 Å². The van der Waals surface area contributed by atoms with Crippen molar-refractivity contribution in [2.45, 2.75) is 25.4 Å². The Hall–Kier alpha value is -0.960. The van der Waals surface area contributed by atoms with Crippen LogP contribution in [-0.2, 0) is 6.67 Å². The zero-order valence-corrected chi connectivity index (χ0v) is 8.60. The van der Waals surface area contributed by atoms with E-state index in [1.54, 1.807) is 6.07 Å². The first kappa shape index (κ1) is 10.6. The van der Waals surface area contributed by atoms with Crippen LogP contribution in [0.3, 0.4) is 0 Å².